The summed E-state index contributed by atoms with van der Waals surface area (Å²) in [6.45, 7) is 2.28. The number of hydrogen-bond acceptors (Lipinski definition) is 8. The Bertz CT molecular complexity index is 1040. The van der Waals surface area contributed by atoms with Gasteiger partial charge in [0, 0.05) is 24.2 Å². The number of alkyl halides is 3. The van der Waals surface area contributed by atoms with Crippen molar-refractivity contribution < 1.29 is 27.8 Å². The van der Waals surface area contributed by atoms with Crippen LogP contribution >= 0.6 is 0 Å². The van der Waals surface area contributed by atoms with Crippen LogP contribution in [-0.2, 0) is 15.7 Å². The van der Waals surface area contributed by atoms with Crippen LogP contribution in [0.4, 0.5) is 19.0 Å². The number of ether oxygens (including phenoxy) is 1. The van der Waals surface area contributed by atoms with Gasteiger partial charge in [0.2, 0.25) is 0 Å². The first kappa shape index (κ1) is 24.2. The maximum absolute atomic E-state index is 12.8. The number of aryl methyl sites for hydroxylation is 1. The van der Waals surface area contributed by atoms with E-state index < -0.39 is 17.5 Å². The highest BCUT2D eigenvalue weighted by Crippen LogP contribution is 2.37. The van der Waals surface area contributed by atoms with Gasteiger partial charge in [-0.15, -0.1) is 10.2 Å². The van der Waals surface area contributed by atoms with Gasteiger partial charge in [-0.2, -0.15) is 13.2 Å². The molecule has 1 aromatic heterocycles. The van der Waals surface area contributed by atoms with Gasteiger partial charge in [0.1, 0.15) is 23.7 Å². The van der Waals surface area contributed by atoms with Crippen molar-refractivity contribution >= 4 is 11.8 Å². The fraction of sp³-hybridized carbons (Fsp3) is 0.522. The quantitative estimate of drug-likeness (QED) is 0.483. The minimum atomic E-state index is -4.54. The van der Waals surface area contributed by atoms with Crippen LogP contribution in [0, 0.1) is 6.92 Å². The number of esters is 1. The molecule has 1 aliphatic carbocycles. The third-order valence-corrected chi connectivity index (χ3v) is 6.32. The third kappa shape index (κ3) is 5.58. The molecule has 0 radical (unpaired) electrons. The van der Waals surface area contributed by atoms with Gasteiger partial charge in [0.05, 0.1) is 11.3 Å². The second kappa shape index (κ2) is 9.75. The van der Waals surface area contributed by atoms with Gasteiger partial charge in [-0.3, -0.25) is 4.79 Å². The first-order valence-corrected chi connectivity index (χ1v) is 11.3. The van der Waals surface area contributed by atoms with E-state index in [0.29, 0.717) is 42.5 Å². The maximum Gasteiger partial charge on any atom is 0.416 e. The molecule has 2 fully saturated rings. The predicted molar refractivity (Wildman–Crippen MR) is 119 cm³/mol. The summed E-state index contributed by atoms with van der Waals surface area (Å²) in [5, 5.41) is 24.8. The van der Waals surface area contributed by atoms with Crippen molar-refractivity contribution in [2.24, 2.45) is 5.73 Å². The topological polar surface area (TPSA) is 122 Å². The summed E-state index contributed by atoms with van der Waals surface area (Å²) in [5.41, 5.74) is 6.06. The number of benzene rings is 1. The average molecular weight is 480 g/mol. The molecule has 4 rings (SSSR count). The highest BCUT2D eigenvalue weighted by atomic mass is 19.4. The number of nitrogens with two attached hydrogens (primary N) is 1. The van der Waals surface area contributed by atoms with E-state index in [1.54, 1.807) is 13.0 Å². The first-order valence-electron chi connectivity index (χ1n) is 11.3. The van der Waals surface area contributed by atoms with E-state index in [-0.39, 0.29) is 35.8 Å². The Morgan fingerprint density at radius 1 is 1.21 bits per heavy atom. The summed E-state index contributed by atoms with van der Waals surface area (Å²) in [6, 6.07) is 4.26. The SMILES string of the molecule is Cc1cc(N[C@@H]2CC[C@@H](C(=O)O[C@H]3CC[C@H](N)C3)NC2)nnc1-c1ccc(C(F)(F)F)cc1O. The number of phenolic OH excluding ortho intramolecular Hbond substituents is 1. The number of phenols is 1. The average Bonchev–Trinajstić information content (AvgIpc) is 3.18. The van der Waals surface area contributed by atoms with Crippen LogP contribution in [0.15, 0.2) is 24.3 Å². The number of nitrogens with zero attached hydrogens (tertiary/aromatic N) is 2. The zero-order valence-corrected chi connectivity index (χ0v) is 18.7. The molecular formula is C23H28F3N5O3. The maximum atomic E-state index is 12.8. The number of halogens is 3. The number of piperidine rings is 1. The number of anilines is 1. The van der Waals surface area contributed by atoms with Crippen LogP contribution in [0.5, 0.6) is 5.75 Å². The fourth-order valence-electron chi connectivity index (χ4n) is 4.45. The molecule has 2 aliphatic rings. The Hall–Kier alpha value is -2.92. The van der Waals surface area contributed by atoms with Crippen molar-refractivity contribution in [3.63, 3.8) is 0 Å². The van der Waals surface area contributed by atoms with Crippen molar-refractivity contribution in [1.82, 2.24) is 15.5 Å². The number of rotatable bonds is 5. The van der Waals surface area contributed by atoms with Gasteiger partial charge in [0.25, 0.3) is 0 Å². The number of aromatic hydroxyl groups is 1. The molecule has 11 heteroatoms. The Morgan fingerprint density at radius 3 is 2.59 bits per heavy atom. The van der Waals surface area contributed by atoms with E-state index >= 15 is 0 Å². The minimum Gasteiger partial charge on any atom is -0.507 e. The predicted octanol–water partition coefficient (Wildman–Crippen LogP) is 3.13. The lowest BCUT2D eigenvalue weighted by molar-refractivity contribution is -0.152. The van der Waals surface area contributed by atoms with Crippen LogP contribution < -0.4 is 16.4 Å². The molecule has 0 unspecified atom stereocenters. The van der Waals surface area contributed by atoms with E-state index in [0.717, 1.165) is 25.3 Å². The molecule has 2 aromatic rings. The van der Waals surface area contributed by atoms with E-state index in [1.807, 2.05) is 0 Å². The standard InChI is InChI=1S/C23H28F3N5O3/c1-12-8-20(30-31-21(12)17-6-2-13(9-19(17)32)23(24,25)26)29-15-4-7-18(28-11-15)22(33)34-16-5-3-14(27)10-16/h2,6,8-9,14-16,18,28,32H,3-5,7,10-11,27H2,1H3,(H,29,30)/t14-,15+,16-,18-/m0/s1. The summed E-state index contributed by atoms with van der Waals surface area (Å²) < 4.78 is 44.1. The van der Waals surface area contributed by atoms with E-state index in [9.17, 15) is 23.1 Å². The van der Waals surface area contributed by atoms with Crippen LogP contribution in [0.2, 0.25) is 0 Å². The summed E-state index contributed by atoms with van der Waals surface area (Å²) in [7, 11) is 0. The molecular weight excluding hydrogens is 451 g/mol. The molecule has 5 N–H and O–H groups in total. The summed E-state index contributed by atoms with van der Waals surface area (Å²) in [6.07, 6.45) is -0.916. The normalized spacial score (nSPS) is 25.2. The van der Waals surface area contributed by atoms with Crippen molar-refractivity contribution in [2.75, 3.05) is 11.9 Å². The summed E-state index contributed by atoms with van der Waals surface area (Å²) >= 11 is 0. The van der Waals surface area contributed by atoms with E-state index in [1.165, 1.54) is 6.07 Å². The van der Waals surface area contributed by atoms with Gasteiger partial charge >= 0.3 is 12.1 Å². The molecule has 0 spiro atoms. The molecule has 8 nitrogen and oxygen atoms in total. The largest absolute Gasteiger partial charge is 0.507 e. The van der Waals surface area contributed by atoms with E-state index in [4.69, 9.17) is 10.5 Å². The van der Waals surface area contributed by atoms with Crippen LogP contribution in [0.25, 0.3) is 11.3 Å². The van der Waals surface area contributed by atoms with Crippen LogP contribution in [0.1, 0.15) is 43.2 Å². The highest BCUT2D eigenvalue weighted by Gasteiger charge is 2.32. The number of hydrogen-bond donors (Lipinski definition) is 4. The van der Waals surface area contributed by atoms with Gasteiger partial charge in [0.15, 0.2) is 0 Å². The molecule has 34 heavy (non-hydrogen) atoms. The van der Waals surface area contributed by atoms with Gasteiger partial charge in [-0.25, -0.2) is 0 Å². The molecule has 2 heterocycles. The second-order valence-corrected chi connectivity index (χ2v) is 9.00. The second-order valence-electron chi connectivity index (χ2n) is 9.00. The first-order chi connectivity index (χ1) is 16.1. The van der Waals surface area contributed by atoms with Crippen LogP contribution in [-0.4, -0.2) is 52.0 Å². The molecule has 0 bridgehead atoms. The minimum absolute atomic E-state index is 0.0166. The Kier molecular flexibility index (Phi) is 6.94. The summed E-state index contributed by atoms with van der Waals surface area (Å²) in [5.74, 6) is -0.253. The lowest BCUT2D eigenvalue weighted by atomic mass is 10.0. The molecule has 1 aliphatic heterocycles. The number of nitrogens with one attached hydrogen (secondary N) is 2. The third-order valence-electron chi connectivity index (χ3n) is 6.32. The molecule has 1 saturated heterocycles. The lowest BCUT2D eigenvalue weighted by Crippen LogP contribution is -2.49. The molecule has 4 atom stereocenters. The van der Waals surface area contributed by atoms with Crippen molar-refractivity contribution in [3.05, 3.63) is 35.4 Å². The van der Waals surface area contributed by atoms with Gasteiger partial charge < -0.3 is 26.2 Å². The zero-order valence-electron chi connectivity index (χ0n) is 18.7. The van der Waals surface area contributed by atoms with Gasteiger partial charge in [-0.05, 0) is 68.9 Å². The monoisotopic (exact) mass is 479 g/mol. The highest BCUT2D eigenvalue weighted by molar-refractivity contribution is 5.76. The number of carbonyl (C=O) groups is 1. The number of carbonyl (C=O) groups excluding carboxylic acids is 1. The smallest absolute Gasteiger partial charge is 0.416 e. The Labute approximate surface area is 195 Å². The zero-order chi connectivity index (χ0) is 24.5. The molecule has 184 valence electrons. The van der Waals surface area contributed by atoms with Gasteiger partial charge in [-0.1, -0.05) is 0 Å². The van der Waals surface area contributed by atoms with Crippen LogP contribution in [0.3, 0.4) is 0 Å². The van der Waals surface area contributed by atoms with Crippen molar-refractivity contribution in [1.29, 1.82) is 0 Å². The summed E-state index contributed by atoms with van der Waals surface area (Å²) in [4.78, 5) is 12.4. The fourth-order valence-corrected chi connectivity index (χ4v) is 4.45. The molecule has 0 amide bonds. The van der Waals surface area contributed by atoms with Crippen molar-refractivity contribution in [3.8, 4) is 17.0 Å². The molecule has 1 saturated carbocycles. The number of aromatic nitrogens is 2. The Morgan fingerprint density at radius 2 is 2.00 bits per heavy atom. The van der Waals surface area contributed by atoms with E-state index in [2.05, 4.69) is 20.8 Å². The lowest BCUT2D eigenvalue weighted by Gasteiger charge is -2.30. The van der Waals surface area contributed by atoms with Crippen molar-refractivity contribution in [2.45, 2.75) is 69.4 Å². The Balaban J connectivity index is 1.33. The molecule has 1 aromatic carbocycles.